The molecule has 18 heavy (non-hydrogen) atoms. The van der Waals surface area contributed by atoms with Crippen molar-refractivity contribution in [3.8, 4) is 0 Å². The van der Waals surface area contributed by atoms with E-state index in [1.54, 1.807) is 7.05 Å². The molecule has 0 bridgehead atoms. The highest BCUT2D eigenvalue weighted by Gasteiger charge is 2.02. The molecule has 0 aliphatic carbocycles. The summed E-state index contributed by atoms with van der Waals surface area (Å²) in [6, 6.07) is 9.54. The van der Waals surface area contributed by atoms with Gasteiger partial charge in [0.15, 0.2) is 5.11 Å². The van der Waals surface area contributed by atoms with Crippen molar-refractivity contribution in [3.63, 3.8) is 0 Å². The molecule has 6 heteroatoms. The molecule has 0 aliphatic rings. The molecule has 1 rings (SSSR count). The molecule has 0 radical (unpaired) electrons. The molecular formula is C12H15N3O2S. The summed E-state index contributed by atoms with van der Waals surface area (Å²) < 4.78 is 4.49. The first-order valence-corrected chi connectivity index (χ1v) is 5.73. The second-order valence-electron chi connectivity index (χ2n) is 3.40. The number of hydrazone groups is 1. The lowest BCUT2D eigenvalue weighted by molar-refractivity contribution is -0.139. The third-order valence-corrected chi connectivity index (χ3v) is 2.43. The number of carbonyl (C=O) groups is 1. The first kappa shape index (κ1) is 14.1. The van der Waals surface area contributed by atoms with E-state index in [0.29, 0.717) is 5.11 Å². The molecule has 1 aromatic carbocycles. The molecule has 0 amide bonds. The molecule has 1 aromatic rings. The summed E-state index contributed by atoms with van der Waals surface area (Å²) >= 11 is 5.15. The van der Waals surface area contributed by atoms with Gasteiger partial charge in [0.25, 0.3) is 0 Å². The summed E-state index contributed by atoms with van der Waals surface area (Å²) in [5.41, 5.74) is 0.887. The number of anilines is 1. The second-order valence-corrected chi connectivity index (χ2v) is 3.78. The van der Waals surface area contributed by atoms with E-state index in [9.17, 15) is 4.79 Å². The predicted octanol–water partition coefficient (Wildman–Crippen LogP) is 1.86. The van der Waals surface area contributed by atoms with Gasteiger partial charge in [-0.15, -0.1) is 0 Å². The SMILES string of the molecule is COC(=O)CC=NN(C)C(=S)Nc1ccccc1. The molecule has 0 aliphatic heterocycles. The Balaban J connectivity index is 2.44. The number of carbonyl (C=O) groups excluding carboxylic acids is 1. The monoisotopic (exact) mass is 265 g/mol. The Kier molecular flexibility index (Phi) is 5.79. The molecule has 0 saturated heterocycles. The maximum absolute atomic E-state index is 10.9. The minimum Gasteiger partial charge on any atom is -0.469 e. The number of hydrogen-bond donors (Lipinski definition) is 1. The smallest absolute Gasteiger partial charge is 0.311 e. The van der Waals surface area contributed by atoms with Crippen molar-refractivity contribution in [1.29, 1.82) is 0 Å². The van der Waals surface area contributed by atoms with E-state index in [2.05, 4.69) is 15.2 Å². The molecule has 0 atom stereocenters. The summed E-state index contributed by atoms with van der Waals surface area (Å²) in [7, 11) is 3.04. The largest absolute Gasteiger partial charge is 0.469 e. The Morgan fingerprint density at radius 3 is 2.78 bits per heavy atom. The molecule has 96 valence electrons. The van der Waals surface area contributed by atoms with Crippen LogP contribution in [0.1, 0.15) is 6.42 Å². The molecule has 0 fully saturated rings. The minimum atomic E-state index is -0.339. The van der Waals surface area contributed by atoms with Gasteiger partial charge < -0.3 is 10.1 Å². The van der Waals surface area contributed by atoms with Gasteiger partial charge in [0, 0.05) is 18.9 Å². The first-order chi connectivity index (χ1) is 8.63. The van der Waals surface area contributed by atoms with Gasteiger partial charge in [-0.05, 0) is 24.4 Å². The summed E-state index contributed by atoms with van der Waals surface area (Å²) in [5, 5.41) is 8.96. The average molecular weight is 265 g/mol. The van der Waals surface area contributed by atoms with Gasteiger partial charge in [0.1, 0.15) is 0 Å². The van der Waals surface area contributed by atoms with Gasteiger partial charge >= 0.3 is 5.97 Å². The number of rotatable bonds is 4. The highest BCUT2D eigenvalue weighted by molar-refractivity contribution is 7.80. The lowest BCUT2D eigenvalue weighted by Gasteiger charge is -2.15. The van der Waals surface area contributed by atoms with Gasteiger partial charge in [0.05, 0.1) is 13.5 Å². The number of benzene rings is 1. The van der Waals surface area contributed by atoms with Crippen LogP contribution in [0, 0.1) is 0 Å². The number of ether oxygens (including phenoxy) is 1. The molecular weight excluding hydrogens is 250 g/mol. The number of nitrogens with one attached hydrogen (secondary N) is 1. The van der Waals surface area contributed by atoms with Crippen molar-refractivity contribution >= 4 is 35.2 Å². The number of esters is 1. The summed E-state index contributed by atoms with van der Waals surface area (Å²) in [5.74, 6) is -0.339. The number of nitrogens with zero attached hydrogens (tertiary/aromatic N) is 2. The first-order valence-electron chi connectivity index (χ1n) is 5.32. The van der Waals surface area contributed by atoms with E-state index in [4.69, 9.17) is 12.2 Å². The van der Waals surface area contributed by atoms with Crippen LogP contribution in [0.4, 0.5) is 5.69 Å². The van der Waals surface area contributed by atoms with Crippen molar-refractivity contribution < 1.29 is 9.53 Å². The van der Waals surface area contributed by atoms with Gasteiger partial charge in [-0.25, -0.2) is 5.01 Å². The Labute approximate surface area is 111 Å². The number of methoxy groups -OCH3 is 1. The fourth-order valence-electron chi connectivity index (χ4n) is 1.10. The summed E-state index contributed by atoms with van der Waals surface area (Å²) in [6.45, 7) is 0. The molecule has 1 N–H and O–H groups in total. The molecule has 0 heterocycles. The summed E-state index contributed by atoms with van der Waals surface area (Å²) in [4.78, 5) is 10.9. The molecule has 0 unspecified atom stereocenters. The third-order valence-electron chi connectivity index (χ3n) is 2.06. The van der Waals surface area contributed by atoms with Crippen LogP contribution in [0.25, 0.3) is 0 Å². The molecule has 0 spiro atoms. The number of para-hydroxylation sites is 1. The van der Waals surface area contributed by atoms with Gasteiger partial charge in [-0.3, -0.25) is 4.79 Å². The minimum absolute atomic E-state index is 0.120. The Bertz CT molecular complexity index is 434. The van der Waals surface area contributed by atoms with Crippen molar-refractivity contribution in [1.82, 2.24) is 5.01 Å². The molecule has 0 aromatic heterocycles. The van der Waals surface area contributed by atoms with Crippen LogP contribution in [0.5, 0.6) is 0 Å². The van der Waals surface area contributed by atoms with E-state index < -0.39 is 0 Å². The maximum atomic E-state index is 10.9. The van der Waals surface area contributed by atoms with Crippen LogP contribution in [0.15, 0.2) is 35.4 Å². The van der Waals surface area contributed by atoms with Crippen molar-refractivity contribution in [3.05, 3.63) is 30.3 Å². The Morgan fingerprint density at radius 1 is 1.50 bits per heavy atom. The zero-order valence-corrected chi connectivity index (χ0v) is 11.1. The normalized spacial score (nSPS) is 10.1. The summed E-state index contributed by atoms with van der Waals surface area (Å²) in [6.07, 6.45) is 1.57. The van der Waals surface area contributed by atoms with E-state index in [-0.39, 0.29) is 12.4 Å². The van der Waals surface area contributed by atoms with Crippen LogP contribution in [-0.2, 0) is 9.53 Å². The highest BCUT2D eigenvalue weighted by Crippen LogP contribution is 2.06. The fourth-order valence-corrected chi connectivity index (χ4v) is 1.26. The van der Waals surface area contributed by atoms with Gasteiger partial charge in [-0.1, -0.05) is 18.2 Å². The quantitative estimate of drug-likeness (QED) is 0.390. The molecule has 0 saturated carbocycles. The molecule has 5 nitrogen and oxygen atoms in total. The highest BCUT2D eigenvalue weighted by atomic mass is 32.1. The Morgan fingerprint density at radius 2 is 2.17 bits per heavy atom. The van der Waals surface area contributed by atoms with E-state index in [1.807, 2.05) is 30.3 Å². The number of hydrogen-bond acceptors (Lipinski definition) is 4. The van der Waals surface area contributed by atoms with E-state index >= 15 is 0 Å². The van der Waals surface area contributed by atoms with Gasteiger partial charge in [0.2, 0.25) is 0 Å². The lowest BCUT2D eigenvalue weighted by atomic mass is 10.3. The van der Waals surface area contributed by atoms with Crippen molar-refractivity contribution in [2.24, 2.45) is 5.10 Å². The lowest BCUT2D eigenvalue weighted by Crippen LogP contribution is -2.26. The average Bonchev–Trinajstić information content (AvgIpc) is 2.39. The topological polar surface area (TPSA) is 53.9 Å². The van der Waals surface area contributed by atoms with E-state index in [1.165, 1.54) is 18.3 Å². The van der Waals surface area contributed by atoms with Crippen molar-refractivity contribution in [2.45, 2.75) is 6.42 Å². The van der Waals surface area contributed by atoms with Crippen LogP contribution >= 0.6 is 12.2 Å². The maximum Gasteiger partial charge on any atom is 0.311 e. The fraction of sp³-hybridized carbons (Fsp3) is 0.250. The third kappa shape index (κ3) is 4.92. The zero-order valence-electron chi connectivity index (χ0n) is 10.3. The second kappa shape index (κ2) is 7.39. The Hall–Kier alpha value is -1.95. The zero-order chi connectivity index (χ0) is 13.4. The van der Waals surface area contributed by atoms with E-state index in [0.717, 1.165) is 5.69 Å². The standard InChI is InChI=1S/C12H15N3O2S/c1-15(13-9-8-11(16)17-2)12(18)14-10-6-4-3-5-7-10/h3-7,9H,8H2,1-2H3,(H,14,18). The van der Waals surface area contributed by atoms with Crippen LogP contribution < -0.4 is 5.32 Å². The van der Waals surface area contributed by atoms with Crippen LogP contribution in [0.2, 0.25) is 0 Å². The predicted molar refractivity (Wildman–Crippen MR) is 75.6 cm³/mol. The van der Waals surface area contributed by atoms with Crippen molar-refractivity contribution in [2.75, 3.05) is 19.5 Å². The van der Waals surface area contributed by atoms with Gasteiger partial charge in [-0.2, -0.15) is 5.10 Å². The van der Waals surface area contributed by atoms with Crippen LogP contribution in [0.3, 0.4) is 0 Å². The number of thiocarbonyl (C=S) groups is 1. The van der Waals surface area contributed by atoms with Crippen LogP contribution in [-0.4, -0.2) is 36.5 Å².